The largest absolute Gasteiger partial charge is 0.324 e. The second-order valence-electron chi connectivity index (χ2n) is 3.41. The van der Waals surface area contributed by atoms with Gasteiger partial charge < -0.3 is 10.6 Å². The Morgan fingerprint density at radius 2 is 2.13 bits per heavy atom. The van der Waals surface area contributed by atoms with Crippen LogP contribution in [0.1, 0.15) is 12.5 Å². The summed E-state index contributed by atoms with van der Waals surface area (Å²) in [5, 5.41) is 5.77. The molecule has 0 saturated heterocycles. The normalized spacial score (nSPS) is 12.3. The monoisotopic (exact) mass is 270 g/mol. The molecular weight excluding hydrogens is 256 g/mol. The lowest BCUT2D eigenvalue weighted by Crippen LogP contribution is -2.35. The molecule has 0 saturated carbocycles. The zero-order valence-corrected chi connectivity index (χ0v) is 10.7. The molecule has 1 aromatic rings. The van der Waals surface area contributed by atoms with Crippen LogP contribution in [-0.2, 0) is 4.79 Å². The minimum atomic E-state index is -0.191. The average molecular weight is 271 g/mol. The Balaban J connectivity index is 2.81. The van der Waals surface area contributed by atoms with E-state index in [9.17, 15) is 4.79 Å². The third kappa shape index (κ3) is 3.04. The van der Waals surface area contributed by atoms with Crippen LogP contribution in [0.3, 0.4) is 0 Å². The minimum absolute atomic E-state index is 0.0290. The molecule has 1 amide bonds. The summed E-state index contributed by atoms with van der Waals surface area (Å²) < 4.78 is 0.998. The number of halogens is 1. The topological polar surface area (TPSA) is 41.1 Å². The molecule has 82 valence electrons. The van der Waals surface area contributed by atoms with Gasteiger partial charge in [-0.15, -0.1) is 0 Å². The highest BCUT2D eigenvalue weighted by atomic mass is 79.9. The molecule has 0 heterocycles. The van der Waals surface area contributed by atoms with Gasteiger partial charge in [-0.05, 0) is 38.6 Å². The average Bonchev–Trinajstić information content (AvgIpc) is 2.23. The number of carbonyl (C=O) groups excluding carboxylic acids is 1. The van der Waals surface area contributed by atoms with Crippen molar-refractivity contribution in [1.29, 1.82) is 0 Å². The van der Waals surface area contributed by atoms with Gasteiger partial charge in [0.1, 0.15) is 0 Å². The summed E-state index contributed by atoms with van der Waals surface area (Å²) in [7, 11) is 1.76. The van der Waals surface area contributed by atoms with Gasteiger partial charge in [-0.2, -0.15) is 0 Å². The van der Waals surface area contributed by atoms with Gasteiger partial charge in [0.25, 0.3) is 0 Å². The van der Waals surface area contributed by atoms with E-state index < -0.39 is 0 Å². The molecule has 0 bridgehead atoms. The van der Waals surface area contributed by atoms with Crippen LogP contribution in [0.25, 0.3) is 0 Å². The van der Waals surface area contributed by atoms with Gasteiger partial charge in [-0.1, -0.05) is 22.0 Å². The fraction of sp³-hybridized carbons (Fsp3) is 0.364. The van der Waals surface area contributed by atoms with Crippen LogP contribution in [0, 0.1) is 6.92 Å². The second kappa shape index (κ2) is 5.28. The number of rotatable bonds is 3. The van der Waals surface area contributed by atoms with Crippen molar-refractivity contribution in [3.63, 3.8) is 0 Å². The number of carbonyl (C=O) groups is 1. The van der Waals surface area contributed by atoms with Crippen molar-refractivity contribution in [3.8, 4) is 0 Å². The van der Waals surface area contributed by atoms with Gasteiger partial charge in [-0.25, -0.2) is 0 Å². The Labute approximate surface area is 98.4 Å². The predicted molar refractivity (Wildman–Crippen MR) is 66.0 cm³/mol. The third-order valence-electron chi connectivity index (χ3n) is 2.35. The standard InChI is InChI=1S/C11H15BrN2O/c1-7-9(12)5-4-6-10(7)14-11(15)8(2)13-3/h4-6,8,13H,1-3H3,(H,14,15). The van der Waals surface area contributed by atoms with Gasteiger partial charge in [0.2, 0.25) is 5.91 Å². The fourth-order valence-electron chi connectivity index (χ4n) is 1.11. The summed E-state index contributed by atoms with van der Waals surface area (Å²) >= 11 is 3.42. The third-order valence-corrected chi connectivity index (χ3v) is 3.21. The Kier molecular flexibility index (Phi) is 4.29. The first-order valence-corrected chi connectivity index (χ1v) is 5.58. The van der Waals surface area contributed by atoms with Gasteiger partial charge in [0, 0.05) is 10.2 Å². The summed E-state index contributed by atoms with van der Waals surface area (Å²) in [6.45, 7) is 3.78. The van der Waals surface area contributed by atoms with Crippen molar-refractivity contribution in [2.75, 3.05) is 12.4 Å². The van der Waals surface area contributed by atoms with Gasteiger partial charge in [0.15, 0.2) is 0 Å². The SMILES string of the molecule is CNC(C)C(=O)Nc1cccc(Br)c1C. The lowest BCUT2D eigenvalue weighted by atomic mass is 10.2. The van der Waals surface area contributed by atoms with Crippen LogP contribution in [0.5, 0.6) is 0 Å². The molecule has 2 N–H and O–H groups in total. The van der Waals surface area contributed by atoms with E-state index in [-0.39, 0.29) is 11.9 Å². The molecule has 1 unspecified atom stereocenters. The number of likely N-dealkylation sites (N-methyl/N-ethyl adjacent to an activating group) is 1. The maximum absolute atomic E-state index is 11.6. The summed E-state index contributed by atoms with van der Waals surface area (Å²) in [5.74, 6) is -0.0290. The Morgan fingerprint density at radius 3 is 2.73 bits per heavy atom. The van der Waals surface area contributed by atoms with E-state index in [1.54, 1.807) is 7.05 Å². The Bertz CT molecular complexity index is 366. The quantitative estimate of drug-likeness (QED) is 0.885. The van der Waals surface area contributed by atoms with Crippen LogP contribution >= 0.6 is 15.9 Å². The molecule has 0 spiro atoms. The first kappa shape index (κ1) is 12.2. The zero-order chi connectivity index (χ0) is 11.4. The van der Waals surface area contributed by atoms with Crippen molar-refractivity contribution in [2.45, 2.75) is 19.9 Å². The summed E-state index contributed by atoms with van der Waals surface area (Å²) in [6.07, 6.45) is 0. The van der Waals surface area contributed by atoms with E-state index in [4.69, 9.17) is 0 Å². The number of hydrogen-bond acceptors (Lipinski definition) is 2. The van der Waals surface area contributed by atoms with E-state index >= 15 is 0 Å². The van der Waals surface area contributed by atoms with Gasteiger partial charge in [0.05, 0.1) is 6.04 Å². The highest BCUT2D eigenvalue weighted by Crippen LogP contribution is 2.23. The maximum Gasteiger partial charge on any atom is 0.241 e. The summed E-state index contributed by atoms with van der Waals surface area (Å²) in [5.41, 5.74) is 1.88. The van der Waals surface area contributed by atoms with Crippen LogP contribution in [0.15, 0.2) is 22.7 Å². The zero-order valence-electron chi connectivity index (χ0n) is 9.10. The van der Waals surface area contributed by atoms with Gasteiger partial charge in [-0.3, -0.25) is 4.79 Å². The predicted octanol–water partition coefficient (Wildman–Crippen LogP) is 2.30. The molecule has 0 aliphatic heterocycles. The van der Waals surface area contributed by atoms with Crippen molar-refractivity contribution < 1.29 is 4.79 Å². The van der Waals surface area contributed by atoms with Crippen LogP contribution in [0.2, 0.25) is 0 Å². The highest BCUT2D eigenvalue weighted by Gasteiger charge is 2.11. The van der Waals surface area contributed by atoms with E-state index in [0.717, 1.165) is 15.7 Å². The second-order valence-corrected chi connectivity index (χ2v) is 4.27. The van der Waals surface area contributed by atoms with Crippen molar-refractivity contribution >= 4 is 27.5 Å². The number of nitrogens with one attached hydrogen (secondary N) is 2. The molecule has 1 atom stereocenters. The molecule has 0 aliphatic carbocycles. The summed E-state index contributed by atoms with van der Waals surface area (Å²) in [6, 6.07) is 5.55. The number of amides is 1. The van der Waals surface area contributed by atoms with Crippen molar-refractivity contribution in [2.24, 2.45) is 0 Å². The van der Waals surface area contributed by atoms with Gasteiger partial charge >= 0.3 is 0 Å². The molecule has 15 heavy (non-hydrogen) atoms. The first-order valence-electron chi connectivity index (χ1n) is 4.79. The fourth-order valence-corrected chi connectivity index (χ4v) is 1.48. The minimum Gasteiger partial charge on any atom is -0.324 e. The molecule has 0 fully saturated rings. The van der Waals surface area contributed by atoms with Crippen molar-refractivity contribution in [3.05, 3.63) is 28.2 Å². The molecule has 3 nitrogen and oxygen atoms in total. The number of benzene rings is 1. The molecule has 4 heteroatoms. The van der Waals surface area contributed by atoms with E-state index in [2.05, 4.69) is 26.6 Å². The van der Waals surface area contributed by atoms with Crippen LogP contribution in [-0.4, -0.2) is 19.0 Å². The molecule has 1 aromatic carbocycles. The van der Waals surface area contributed by atoms with Crippen LogP contribution < -0.4 is 10.6 Å². The molecular formula is C11H15BrN2O. The lowest BCUT2D eigenvalue weighted by Gasteiger charge is -2.13. The smallest absolute Gasteiger partial charge is 0.241 e. The molecule has 0 aromatic heterocycles. The number of anilines is 1. The highest BCUT2D eigenvalue weighted by molar-refractivity contribution is 9.10. The lowest BCUT2D eigenvalue weighted by molar-refractivity contribution is -0.117. The van der Waals surface area contributed by atoms with E-state index in [1.807, 2.05) is 32.0 Å². The Morgan fingerprint density at radius 1 is 1.47 bits per heavy atom. The maximum atomic E-state index is 11.6. The van der Waals surface area contributed by atoms with Crippen LogP contribution in [0.4, 0.5) is 5.69 Å². The number of hydrogen-bond donors (Lipinski definition) is 2. The Hall–Kier alpha value is -0.870. The molecule has 0 radical (unpaired) electrons. The van der Waals surface area contributed by atoms with E-state index in [1.165, 1.54) is 0 Å². The van der Waals surface area contributed by atoms with Crippen molar-refractivity contribution in [1.82, 2.24) is 5.32 Å². The molecule has 0 aliphatic rings. The first-order chi connectivity index (χ1) is 7.06. The summed E-state index contributed by atoms with van der Waals surface area (Å²) in [4.78, 5) is 11.6. The molecule has 1 rings (SSSR count). The van der Waals surface area contributed by atoms with E-state index in [0.29, 0.717) is 0 Å².